The zero-order valence-corrected chi connectivity index (χ0v) is 18.2. The highest BCUT2D eigenvalue weighted by molar-refractivity contribution is 7.89. The number of carboxylic acid groups (broad SMARTS) is 1. The molecule has 164 valence electrons. The van der Waals surface area contributed by atoms with Gasteiger partial charge in [-0.25, -0.2) is 8.42 Å². The Morgan fingerprint density at radius 3 is 2.68 bits per heavy atom. The molecule has 0 aliphatic carbocycles. The van der Waals surface area contributed by atoms with E-state index >= 15 is 0 Å². The van der Waals surface area contributed by atoms with E-state index < -0.39 is 21.7 Å². The summed E-state index contributed by atoms with van der Waals surface area (Å²) >= 11 is 0. The van der Waals surface area contributed by atoms with Crippen molar-refractivity contribution in [1.82, 2.24) is 4.31 Å². The molecule has 0 bridgehead atoms. The predicted molar refractivity (Wildman–Crippen MR) is 113 cm³/mol. The largest absolute Gasteiger partial charge is 0.490 e. The molecule has 0 unspecified atom stereocenters. The minimum Gasteiger partial charge on any atom is -0.490 e. The minimum atomic E-state index is -3.83. The molecular weight excluding hydrogens is 420 g/mol. The Hall–Kier alpha value is -3.09. The molecule has 0 saturated heterocycles. The van der Waals surface area contributed by atoms with E-state index in [0.29, 0.717) is 23.5 Å². The van der Waals surface area contributed by atoms with Gasteiger partial charge >= 0.3 is 5.97 Å². The molecule has 1 aliphatic heterocycles. The van der Waals surface area contributed by atoms with Gasteiger partial charge in [0.25, 0.3) is 0 Å². The van der Waals surface area contributed by atoms with Crippen molar-refractivity contribution >= 4 is 16.0 Å². The molecule has 0 spiro atoms. The molecule has 0 saturated carbocycles. The summed E-state index contributed by atoms with van der Waals surface area (Å²) in [5.74, 6) is -1.09. The molecule has 0 fully saturated rings. The second kappa shape index (κ2) is 9.37. The second-order valence-electron chi connectivity index (χ2n) is 7.56. The number of carboxylic acids is 1. The fraction of sp³-hybridized carbons (Fsp3) is 0.364. The number of nitriles is 1. The summed E-state index contributed by atoms with van der Waals surface area (Å²) in [5, 5.41) is 18.2. The standard InChI is InChI=1S/C22H24N2O6S/c1-15(2)30-21-6-3-16(9-19(21)11-23)13-29-20-5-4-18-12-24(8-7-17(18)10-20)31(27,28)14-22(25)26/h3-6,9-10,15H,7-8,12-14H2,1-2H3,(H,25,26). The van der Waals surface area contributed by atoms with Crippen LogP contribution in [-0.2, 0) is 34.4 Å². The first kappa shape index (κ1) is 22.6. The van der Waals surface area contributed by atoms with E-state index in [-0.39, 0.29) is 25.8 Å². The fourth-order valence-corrected chi connectivity index (χ4v) is 4.56. The molecule has 0 atom stereocenters. The lowest BCUT2D eigenvalue weighted by Gasteiger charge is -2.27. The maximum atomic E-state index is 12.2. The van der Waals surface area contributed by atoms with Crippen LogP contribution in [0.3, 0.4) is 0 Å². The van der Waals surface area contributed by atoms with Gasteiger partial charge in [-0.3, -0.25) is 4.79 Å². The summed E-state index contributed by atoms with van der Waals surface area (Å²) in [7, 11) is -3.83. The van der Waals surface area contributed by atoms with Gasteiger partial charge in [0.2, 0.25) is 10.0 Å². The Morgan fingerprint density at radius 1 is 1.23 bits per heavy atom. The van der Waals surface area contributed by atoms with Crippen molar-refractivity contribution < 1.29 is 27.8 Å². The van der Waals surface area contributed by atoms with Gasteiger partial charge < -0.3 is 14.6 Å². The van der Waals surface area contributed by atoms with Crippen LogP contribution in [0.15, 0.2) is 36.4 Å². The smallest absolute Gasteiger partial charge is 0.320 e. The van der Waals surface area contributed by atoms with E-state index in [1.807, 2.05) is 26.0 Å². The van der Waals surface area contributed by atoms with Crippen molar-refractivity contribution in [3.8, 4) is 17.6 Å². The van der Waals surface area contributed by atoms with Gasteiger partial charge in [-0.05, 0) is 61.2 Å². The Labute approximate surface area is 181 Å². The molecule has 1 heterocycles. The fourth-order valence-electron chi connectivity index (χ4n) is 3.36. The molecule has 2 aromatic rings. The molecule has 0 aromatic heterocycles. The Morgan fingerprint density at radius 2 is 2.00 bits per heavy atom. The maximum Gasteiger partial charge on any atom is 0.320 e. The van der Waals surface area contributed by atoms with Crippen LogP contribution < -0.4 is 9.47 Å². The number of ether oxygens (including phenoxy) is 2. The molecule has 2 aromatic carbocycles. The molecule has 0 amide bonds. The number of rotatable bonds is 8. The van der Waals surface area contributed by atoms with Crippen molar-refractivity contribution in [1.29, 1.82) is 5.26 Å². The van der Waals surface area contributed by atoms with Gasteiger partial charge in [-0.1, -0.05) is 12.1 Å². The monoisotopic (exact) mass is 444 g/mol. The second-order valence-corrected chi connectivity index (χ2v) is 9.53. The number of aliphatic carboxylic acids is 1. The molecule has 1 aliphatic rings. The summed E-state index contributed by atoms with van der Waals surface area (Å²) in [6.07, 6.45) is 0.449. The van der Waals surface area contributed by atoms with Gasteiger partial charge in [0, 0.05) is 13.1 Å². The maximum absolute atomic E-state index is 12.2. The number of benzene rings is 2. The van der Waals surface area contributed by atoms with Crippen LogP contribution in [0.5, 0.6) is 11.5 Å². The third kappa shape index (κ3) is 5.75. The van der Waals surface area contributed by atoms with Crippen LogP contribution in [0.4, 0.5) is 0 Å². The number of sulfonamides is 1. The van der Waals surface area contributed by atoms with Crippen LogP contribution >= 0.6 is 0 Å². The molecule has 9 heteroatoms. The quantitative estimate of drug-likeness (QED) is 0.665. The van der Waals surface area contributed by atoms with Gasteiger partial charge in [0.1, 0.15) is 24.2 Å². The summed E-state index contributed by atoms with van der Waals surface area (Å²) in [5.41, 5.74) is 3.08. The number of nitrogens with zero attached hydrogens (tertiary/aromatic N) is 2. The summed E-state index contributed by atoms with van der Waals surface area (Å²) in [4.78, 5) is 10.8. The first-order valence-corrected chi connectivity index (χ1v) is 11.4. The van der Waals surface area contributed by atoms with E-state index in [9.17, 15) is 18.5 Å². The van der Waals surface area contributed by atoms with E-state index in [1.165, 1.54) is 4.31 Å². The van der Waals surface area contributed by atoms with Crippen molar-refractivity contribution in [3.05, 3.63) is 58.7 Å². The first-order valence-electron chi connectivity index (χ1n) is 9.82. The van der Waals surface area contributed by atoms with Crippen molar-refractivity contribution in [3.63, 3.8) is 0 Å². The van der Waals surface area contributed by atoms with Crippen molar-refractivity contribution in [2.24, 2.45) is 0 Å². The average Bonchev–Trinajstić information content (AvgIpc) is 2.71. The molecule has 8 nitrogen and oxygen atoms in total. The average molecular weight is 445 g/mol. The van der Waals surface area contributed by atoms with E-state index in [4.69, 9.17) is 14.6 Å². The lowest BCUT2D eigenvalue weighted by Crippen LogP contribution is -2.39. The van der Waals surface area contributed by atoms with Gasteiger partial charge in [0.15, 0.2) is 5.75 Å². The third-order valence-electron chi connectivity index (χ3n) is 4.79. The van der Waals surface area contributed by atoms with Crippen LogP contribution in [-0.4, -0.2) is 42.2 Å². The molecular formula is C22H24N2O6S. The highest BCUT2D eigenvalue weighted by Gasteiger charge is 2.28. The summed E-state index contributed by atoms with van der Waals surface area (Å²) in [6, 6.07) is 12.9. The number of fused-ring (bicyclic) bond motifs is 1. The zero-order chi connectivity index (χ0) is 22.6. The van der Waals surface area contributed by atoms with E-state index in [0.717, 1.165) is 16.7 Å². The van der Waals surface area contributed by atoms with Gasteiger partial charge in [0.05, 0.1) is 11.7 Å². The van der Waals surface area contributed by atoms with Crippen LogP contribution in [0.2, 0.25) is 0 Å². The van der Waals surface area contributed by atoms with Gasteiger partial charge in [-0.15, -0.1) is 0 Å². The Bertz CT molecular complexity index is 1120. The zero-order valence-electron chi connectivity index (χ0n) is 17.4. The molecule has 3 rings (SSSR count). The summed E-state index contributed by atoms with van der Waals surface area (Å²) in [6.45, 7) is 4.45. The Balaban J connectivity index is 1.67. The molecule has 1 N–H and O–H groups in total. The number of carbonyl (C=O) groups is 1. The lowest BCUT2D eigenvalue weighted by atomic mass is 10.0. The first-order chi connectivity index (χ1) is 14.7. The van der Waals surface area contributed by atoms with Crippen LogP contribution in [0, 0.1) is 11.3 Å². The van der Waals surface area contributed by atoms with E-state index in [1.54, 1.807) is 24.3 Å². The SMILES string of the molecule is CC(C)Oc1ccc(COc2ccc3c(c2)CCN(S(=O)(=O)CC(=O)O)C3)cc1C#N. The van der Waals surface area contributed by atoms with E-state index in [2.05, 4.69) is 6.07 Å². The predicted octanol–water partition coefficient (Wildman–Crippen LogP) is 2.70. The van der Waals surface area contributed by atoms with Crippen LogP contribution in [0.1, 0.15) is 36.1 Å². The molecule has 0 radical (unpaired) electrons. The minimum absolute atomic E-state index is 0.0280. The summed E-state index contributed by atoms with van der Waals surface area (Å²) < 4.78 is 37.0. The normalized spacial score (nSPS) is 14.0. The van der Waals surface area contributed by atoms with Crippen molar-refractivity contribution in [2.75, 3.05) is 12.3 Å². The van der Waals surface area contributed by atoms with Crippen LogP contribution in [0.25, 0.3) is 0 Å². The Kier molecular flexibility index (Phi) is 6.83. The number of hydrogen-bond acceptors (Lipinski definition) is 6. The highest BCUT2D eigenvalue weighted by atomic mass is 32.2. The number of hydrogen-bond donors (Lipinski definition) is 1. The topological polar surface area (TPSA) is 117 Å². The van der Waals surface area contributed by atoms with Crippen molar-refractivity contribution in [2.45, 2.75) is 39.5 Å². The van der Waals surface area contributed by atoms with Gasteiger partial charge in [-0.2, -0.15) is 9.57 Å². The molecule has 31 heavy (non-hydrogen) atoms. The highest BCUT2D eigenvalue weighted by Crippen LogP contribution is 2.27. The lowest BCUT2D eigenvalue weighted by molar-refractivity contribution is -0.134. The third-order valence-corrected chi connectivity index (χ3v) is 6.50.